The van der Waals surface area contributed by atoms with Crippen molar-refractivity contribution in [1.82, 2.24) is 10.3 Å². The largest absolute Gasteiger partial charge is 0.306 e. The van der Waals surface area contributed by atoms with Crippen LogP contribution in [0.3, 0.4) is 0 Å². The van der Waals surface area contributed by atoms with Crippen LogP contribution in [0.15, 0.2) is 28.9 Å². The van der Waals surface area contributed by atoms with Crippen molar-refractivity contribution in [2.24, 2.45) is 0 Å². The Morgan fingerprint density at radius 1 is 1.37 bits per heavy atom. The van der Waals surface area contributed by atoms with E-state index in [0.29, 0.717) is 17.9 Å². The molecule has 1 N–H and O–H groups in total. The topological polar surface area (TPSA) is 68.0 Å². The SMILES string of the molecule is CCC(C(=O)Nc1nonc1C)c1ccc(F)cc1. The van der Waals surface area contributed by atoms with Crippen LogP contribution in [0.1, 0.15) is 30.5 Å². The first kappa shape index (κ1) is 13.2. The van der Waals surface area contributed by atoms with Crippen LogP contribution in [0.4, 0.5) is 10.2 Å². The highest BCUT2D eigenvalue weighted by Gasteiger charge is 2.20. The van der Waals surface area contributed by atoms with Gasteiger partial charge in [0.1, 0.15) is 11.5 Å². The van der Waals surface area contributed by atoms with Crippen molar-refractivity contribution >= 4 is 11.7 Å². The zero-order chi connectivity index (χ0) is 13.8. The average molecular weight is 263 g/mol. The summed E-state index contributed by atoms with van der Waals surface area (Å²) in [6.07, 6.45) is 0.599. The summed E-state index contributed by atoms with van der Waals surface area (Å²) < 4.78 is 17.4. The number of anilines is 1. The Kier molecular flexibility index (Phi) is 3.89. The Morgan fingerprint density at radius 2 is 2.05 bits per heavy atom. The third-order valence-electron chi connectivity index (χ3n) is 2.89. The molecule has 0 spiro atoms. The van der Waals surface area contributed by atoms with E-state index in [0.717, 1.165) is 5.56 Å². The standard InChI is InChI=1S/C13H14FN3O2/c1-3-11(9-4-6-10(14)7-5-9)13(18)15-12-8(2)16-19-17-12/h4-7,11H,3H2,1-2H3,(H,15,17,18). The first-order valence-corrected chi connectivity index (χ1v) is 5.97. The lowest BCUT2D eigenvalue weighted by Crippen LogP contribution is -2.21. The van der Waals surface area contributed by atoms with E-state index in [1.807, 2.05) is 6.92 Å². The fourth-order valence-electron chi connectivity index (χ4n) is 1.82. The summed E-state index contributed by atoms with van der Waals surface area (Å²) in [6.45, 7) is 3.58. The minimum atomic E-state index is -0.364. The lowest BCUT2D eigenvalue weighted by molar-refractivity contribution is -0.117. The van der Waals surface area contributed by atoms with Crippen LogP contribution in [0, 0.1) is 12.7 Å². The molecule has 1 atom stereocenters. The molecule has 0 bridgehead atoms. The molecule has 100 valence electrons. The van der Waals surface area contributed by atoms with Gasteiger partial charge in [0, 0.05) is 0 Å². The van der Waals surface area contributed by atoms with Gasteiger partial charge in [0.2, 0.25) is 5.91 Å². The number of aryl methyl sites for hydroxylation is 1. The number of hydrogen-bond acceptors (Lipinski definition) is 4. The van der Waals surface area contributed by atoms with Gasteiger partial charge in [-0.15, -0.1) is 0 Å². The molecule has 0 saturated heterocycles. The second-order valence-corrected chi connectivity index (χ2v) is 4.20. The molecule has 6 heteroatoms. The number of nitrogens with zero attached hydrogens (tertiary/aromatic N) is 2. The lowest BCUT2D eigenvalue weighted by atomic mass is 9.95. The summed E-state index contributed by atoms with van der Waals surface area (Å²) in [4.78, 5) is 12.2. The smallest absolute Gasteiger partial charge is 0.233 e. The molecular formula is C13H14FN3O2. The van der Waals surface area contributed by atoms with E-state index < -0.39 is 0 Å². The molecule has 19 heavy (non-hydrogen) atoms. The minimum absolute atomic E-state index is 0.215. The maximum absolute atomic E-state index is 12.9. The molecule has 2 rings (SSSR count). The molecule has 2 aromatic rings. The van der Waals surface area contributed by atoms with Crippen LogP contribution in [0.5, 0.6) is 0 Å². The third-order valence-corrected chi connectivity index (χ3v) is 2.89. The van der Waals surface area contributed by atoms with Crippen molar-refractivity contribution in [2.75, 3.05) is 5.32 Å². The van der Waals surface area contributed by atoms with Gasteiger partial charge in [-0.1, -0.05) is 24.2 Å². The number of rotatable bonds is 4. The van der Waals surface area contributed by atoms with E-state index in [4.69, 9.17) is 0 Å². The van der Waals surface area contributed by atoms with E-state index >= 15 is 0 Å². The van der Waals surface area contributed by atoms with Gasteiger partial charge in [-0.25, -0.2) is 9.02 Å². The van der Waals surface area contributed by atoms with Gasteiger partial charge in [0.15, 0.2) is 5.82 Å². The number of halogens is 1. The van der Waals surface area contributed by atoms with Crippen LogP contribution < -0.4 is 5.32 Å². The normalized spacial score (nSPS) is 12.2. The molecule has 0 aliphatic rings. The molecular weight excluding hydrogens is 249 g/mol. The molecule has 0 radical (unpaired) electrons. The molecule has 0 saturated carbocycles. The van der Waals surface area contributed by atoms with Gasteiger partial charge in [0.25, 0.3) is 0 Å². The Labute approximate surface area is 109 Å². The highest BCUT2D eigenvalue weighted by Crippen LogP contribution is 2.22. The maximum atomic E-state index is 12.9. The number of carbonyl (C=O) groups is 1. The number of benzene rings is 1. The lowest BCUT2D eigenvalue weighted by Gasteiger charge is -2.14. The average Bonchev–Trinajstić information content (AvgIpc) is 2.78. The van der Waals surface area contributed by atoms with Gasteiger partial charge in [-0.3, -0.25) is 4.79 Å². The summed E-state index contributed by atoms with van der Waals surface area (Å²) in [5, 5.41) is 9.85. The van der Waals surface area contributed by atoms with Crippen molar-refractivity contribution in [3.8, 4) is 0 Å². The maximum Gasteiger partial charge on any atom is 0.233 e. The van der Waals surface area contributed by atoms with Gasteiger partial charge in [-0.2, -0.15) is 0 Å². The van der Waals surface area contributed by atoms with Gasteiger partial charge in [-0.05, 0) is 36.2 Å². The second kappa shape index (κ2) is 5.60. The van der Waals surface area contributed by atoms with Crippen molar-refractivity contribution < 1.29 is 13.8 Å². The first-order valence-electron chi connectivity index (χ1n) is 5.97. The highest BCUT2D eigenvalue weighted by molar-refractivity contribution is 5.95. The Bertz CT molecular complexity index is 566. The molecule has 1 aromatic carbocycles. The van der Waals surface area contributed by atoms with Crippen LogP contribution >= 0.6 is 0 Å². The zero-order valence-corrected chi connectivity index (χ0v) is 10.7. The summed E-state index contributed by atoms with van der Waals surface area (Å²) >= 11 is 0. The van der Waals surface area contributed by atoms with E-state index in [9.17, 15) is 9.18 Å². The monoisotopic (exact) mass is 263 g/mol. The fourth-order valence-corrected chi connectivity index (χ4v) is 1.82. The third kappa shape index (κ3) is 2.96. The summed E-state index contributed by atoms with van der Waals surface area (Å²) in [5.74, 6) is -0.592. The Hall–Kier alpha value is -2.24. The van der Waals surface area contributed by atoms with Crippen LogP contribution in [0.2, 0.25) is 0 Å². The highest BCUT2D eigenvalue weighted by atomic mass is 19.1. The van der Waals surface area contributed by atoms with E-state index in [1.165, 1.54) is 12.1 Å². The van der Waals surface area contributed by atoms with E-state index in [2.05, 4.69) is 20.3 Å². The predicted molar refractivity (Wildman–Crippen MR) is 67.1 cm³/mol. The van der Waals surface area contributed by atoms with Crippen molar-refractivity contribution in [1.29, 1.82) is 0 Å². The fraction of sp³-hybridized carbons (Fsp3) is 0.308. The summed E-state index contributed by atoms with van der Waals surface area (Å²) in [6, 6.07) is 5.90. The predicted octanol–water partition coefficient (Wildman–Crippen LogP) is 2.65. The van der Waals surface area contributed by atoms with Crippen LogP contribution in [-0.2, 0) is 4.79 Å². The number of carbonyl (C=O) groups excluding carboxylic acids is 1. The van der Waals surface area contributed by atoms with Crippen molar-refractivity contribution in [3.63, 3.8) is 0 Å². The van der Waals surface area contributed by atoms with E-state index in [1.54, 1.807) is 19.1 Å². The van der Waals surface area contributed by atoms with Crippen molar-refractivity contribution in [2.45, 2.75) is 26.2 Å². The van der Waals surface area contributed by atoms with Gasteiger partial charge in [0.05, 0.1) is 5.92 Å². The quantitative estimate of drug-likeness (QED) is 0.920. The number of amides is 1. The zero-order valence-electron chi connectivity index (χ0n) is 10.7. The molecule has 0 aliphatic heterocycles. The van der Waals surface area contributed by atoms with Crippen LogP contribution in [0.25, 0.3) is 0 Å². The number of aromatic nitrogens is 2. The van der Waals surface area contributed by atoms with Gasteiger partial charge < -0.3 is 5.32 Å². The molecule has 0 aliphatic carbocycles. The molecule has 1 aromatic heterocycles. The summed E-state index contributed by atoms with van der Waals surface area (Å²) in [7, 11) is 0. The minimum Gasteiger partial charge on any atom is -0.306 e. The Balaban J connectivity index is 2.15. The first-order chi connectivity index (χ1) is 9.11. The van der Waals surface area contributed by atoms with Gasteiger partial charge >= 0.3 is 0 Å². The molecule has 5 nitrogen and oxygen atoms in total. The number of nitrogens with one attached hydrogen (secondary N) is 1. The van der Waals surface area contributed by atoms with Crippen molar-refractivity contribution in [3.05, 3.63) is 41.3 Å². The molecule has 1 heterocycles. The second-order valence-electron chi connectivity index (χ2n) is 4.20. The molecule has 0 fully saturated rings. The van der Waals surface area contributed by atoms with Crippen LogP contribution in [-0.4, -0.2) is 16.2 Å². The molecule has 1 unspecified atom stereocenters. The summed E-state index contributed by atoms with van der Waals surface area (Å²) in [5.41, 5.74) is 1.28. The van der Waals surface area contributed by atoms with E-state index in [-0.39, 0.29) is 17.6 Å². The molecule has 1 amide bonds. The Morgan fingerprint density at radius 3 is 2.58 bits per heavy atom. The number of hydrogen-bond donors (Lipinski definition) is 1.